The Labute approximate surface area is 111 Å². The molecule has 0 bridgehead atoms. The van der Waals surface area contributed by atoms with Gasteiger partial charge in [0.2, 0.25) is 0 Å². The third-order valence-electron chi connectivity index (χ3n) is 2.73. The molecule has 0 fully saturated rings. The van der Waals surface area contributed by atoms with E-state index >= 15 is 0 Å². The minimum atomic E-state index is -0.301. The van der Waals surface area contributed by atoms with E-state index in [1.54, 1.807) is 10.5 Å². The fourth-order valence-electron chi connectivity index (χ4n) is 2.00. The third kappa shape index (κ3) is 2.36. The van der Waals surface area contributed by atoms with Gasteiger partial charge in [-0.05, 0) is 12.1 Å². The Balaban J connectivity index is 2.73. The number of aromatic nitrogens is 2. The van der Waals surface area contributed by atoms with Gasteiger partial charge in [0.05, 0.1) is 16.4 Å². The minimum absolute atomic E-state index is 0.136. The van der Waals surface area contributed by atoms with Crippen LogP contribution in [0.2, 0.25) is 0 Å². The van der Waals surface area contributed by atoms with Gasteiger partial charge in [-0.15, -0.1) is 0 Å². The van der Waals surface area contributed by atoms with Crippen LogP contribution < -0.4 is 5.73 Å². The van der Waals surface area contributed by atoms with E-state index in [2.05, 4.69) is 25.8 Å². The Hall–Kier alpha value is -1.49. The summed E-state index contributed by atoms with van der Waals surface area (Å²) >= 11 is 4.96. The maximum atomic E-state index is 13.3. The number of imidazole rings is 1. The number of hydrogen-bond donors (Lipinski definition) is 1. The number of hydrogen-bond acceptors (Lipinski definition) is 2. The summed E-state index contributed by atoms with van der Waals surface area (Å²) in [5, 5.41) is 0. The van der Waals surface area contributed by atoms with E-state index in [1.165, 1.54) is 12.3 Å². The number of nitrogens with two attached hydrogens (primary N) is 1. The van der Waals surface area contributed by atoms with E-state index in [4.69, 9.17) is 18.0 Å². The molecule has 2 aromatic rings. The zero-order chi connectivity index (χ0) is 13.5. The lowest BCUT2D eigenvalue weighted by Crippen LogP contribution is -2.19. The van der Waals surface area contributed by atoms with E-state index in [-0.39, 0.29) is 11.2 Å². The van der Waals surface area contributed by atoms with Crippen LogP contribution in [0, 0.1) is 5.82 Å². The van der Waals surface area contributed by atoms with Gasteiger partial charge in [-0.2, -0.15) is 0 Å². The zero-order valence-corrected chi connectivity index (χ0v) is 11.5. The van der Waals surface area contributed by atoms with Crippen LogP contribution in [0.5, 0.6) is 0 Å². The molecule has 0 aromatic carbocycles. The first-order valence-corrected chi connectivity index (χ1v) is 6.15. The van der Waals surface area contributed by atoms with Crippen molar-refractivity contribution in [3.05, 3.63) is 35.5 Å². The van der Waals surface area contributed by atoms with Crippen LogP contribution in [0.3, 0.4) is 0 Å². The van der Waals surface area contributed by atoms with E-state index in [1.807, 2.05) is 0 Å². The highest BCUT2D eigenvalue weighted by Gasteiger charge is 2.24. The molecular formula is C13H16FN3S. The van der Waals surface area contributed by atoms with Gasteiger partial charge in [0.1, 0.15) is 11.5 Å². The molecule has 0 unspecified atom stereocenters. The number of rotatable bonds is 2. The molecule has 2 rings (SSSR count). The van der Waals surface area contributed by atoms with Crippen molar-refractivity contribution in [3.8, 4) is 0 Å². The Kier molecular flexibility index (Phi) is 3.11. The summed E-state index contributed by atoms with van der Waals surface area (Å²) < 4.78 is 15.1. The van der Waals surface area contributed by atoms with Gasteiger partial charge in [-0.3, -0.25) is 0 Å². The Bertz CT molecular complexity index is 610. The number of fused-ring (bicyclic) bond motifs is 1. The average Bonchev–Trinajstić information content (AvgIpc) is 2.56. The van der Waals surface area contributed by atoms with E-state index in [0.717, 1.165) is 11.4 Å². The van der Waals surface area contributed by atoms with Crippen LogP contribution in [0.15, 0.2) is 18.3 Å². The summed E-state index contributed by atoms with van der Waals surface area (Å²) in [6.45, 7) is 6.19. The minimum Gasteiger partial charge on any atom is -0.393 e. The monoisotopic (exact) mass is 265 g/mol. The molecular weight excluding hydrogens is 249 g/mol. The van der Waals surface area contributed by atoms with Crippen molar-refractivity contribution in [2.45, 2.75) is 32.6 Å². The number of nitrogens with zero attached hydrogens (tertiary/aromatic N) is 2. The molecule has 5 heteroatoms. The predicted molar refractivity (Wildman–Crippen MR) is 74.3 cm³/mol. The molecule has 0 spiro atoms. The van der Waals surface area contributed by atoms with E-state index in [0.29, 0.717) is 17.1 Å². The highest BCUT2D eigenvalue weighted by molar-refractivity contribution is 7.80. The molecule has 0 aliphatic carbocycles. The van der Waals surface area contributed by atoms with Gasteiger partial charge in [0.25, 0.3) is 0 Å². The van der Waals surface area contributed by atoms with Gasteiger partial charge in [-0.1, -0.05) is 33.0 Å². The molecule has 0 radical (unpaired) electrons. The van der Waals surface area contributed by atoms with Crippen LogP contribution in [0.4, 0.5) is 4.39 Å². The normalized spacial score (nSPS) is 12.0. The molecule has 0 aliphatic rings. The van der Waals surface area contributed by atoms with Gasteiger partial charge in [0.15, 0.2) is 0 Å². The van der Waals surface area contributed by atoms with Crippen molar-refractivity contribution < 1.29 is 4.39 Å². The summed E-state index contributed by atoms with van der Waals surface area (Å²) in [5.41, 5.74) is 7.97. The molecule has 18 heavy (non-hydrogen) atoms. The van der Waals surface area contributed by atoms with Crippen molar-refractivity contribution >= 4 is 22.9 Å². The van der Waals surface area contributed by atoms with Crippen molar-refractivity contribution in [1.29, 1.82) is 0 Å². The molecule has 0 aliphatic heterocycles. The fourth-order valence-corrected chi connectivity index (χ4v) is 2.14. The molecule has 3 nitrogen and oxygen atoms in total. The summed E-state index contributed by atoms with van der Waals surface area (Å²) in [4.78, 5) is 4.94. The van der Waals surface area contributed by atoms with Crippen molar-refractivity contribution in [1.82, 2.24) is 9.38 Å². The van der Waals surface area contributed by atoms with Crippen molar-refractivity contribution in [2.75, 3.05) is 0 Å². The molecule has 96 valence electrons. The van der Waals surface area contributed by atoms with Crippen LogP contribution in [0.25, 0.3) is 5.65 Å². The second kappa shape index (κ2) is 4.31. The van der Waals surface area contributed by atoms with E-state index < -0.39 is 0 Å². The van der Waals surface area contributed by atoms with Crippen molar-refractivity contribution in [2.24, 2.45) is 5.73 Å². The number of pyridine rings is 1. The highest BCUT2D eigenvalue weighted by atomic mass is 32.1. The number of halogens is 1. The first-order chi connectivity index (χ1) is 8.29. The Morgan fingerprint density at radius 2 is 2.11 bits per heavy atom. The van der Waals surface area contributed by atoms with Crippen LogP contribution in [0.1, 0.15) is 32.2 Å². The van der Waals surface area contributed by atoms with Crippen LogP contribution in [-0.4, -0.2) is 14.4 Å². The number of thiocarbonyl (C=S) groups is 1. The van der Waals surface area contributed by atoms with Crippen LogP contribution in [-0.2, 0) is 11.8 Å². The van der Waals surface area contributed by atoms with Gasteiger partial charge in [0, 0.05) is 18.0 Å². The SMILES string of the molecule is CC(C)(C)c1nc2ccc(F)cn2c1CC(N)=S. The molecule has 2 N–H and O–H groups in total. The first kappa shape index (κ1) is 13.0. The van der Waals surface area contributed by atoms with E-state index in [9.17, 15) is 4.39 Å². The maximum Gasteiger partial charge on any atom is 0.139 e. The summed E-state index contributed by atoms with van der Waals surface area (Å²) in [5.74, 6) is -0.301. The largest absolute Gasteiger partial charge is 0.393 e. The standard InChI is InChI=1S/C13H16FN3S/c1-13(2,3)12-9(6-10(15)18)17-7-8(14)4-5-11(17)16-12/h4-5,7H,6H2,1-3H3,(H2,15,18). The molecule has 0 atom stereocenters. The first-order valence-electron chi connectivity index (χ1n) is 5.74. The molecule has 0 saturated heterocycles. The zero-order valence-electron chi connectivity index (χ0n) is 10.7. The highest BCUT2D eigenvalue weighted by Crippen LogP contribution is 2.26. The summed E-state index contributed by atoms with van der Waals surface area (Å²) in [7, 11) is 0. The molecule has 2 aromatic heterocycles. The lowest BCUT2D eigenvalue weighted by molar-refractivity contribution is 0.566. The topological polar surface area (TPSA) is 43.3 Å². The Morgan fingerprint density at radius 1 is 1.44 bits per heavy atom. The second-order valence-electron chi connectivity index (χ2n) is 5.38. The van der Waals surface area contributed by atoms with Gasteiger partial charge >= 0.3 is 0 Å². The Morgan fingerprint density at radius 3 is 2.67 bits per heavy atom. The average molecular weight is 265 g/mol. The quantitative estimate of drug-likeness (QED) is 0.849. The van der Waals surface area contributed by atoms with Gasteiger partial charge in [-0.25, -0.2) is 9.37 Å². The fraction of sp³-hybridized carbons (Fsp3) is 0.385. The summed E-state index contributed by atoms with van der Waals surface area (Å²) in [6.07, 6.45) is 1.84. The molecule has 0 saturated carbocycles. The molecule has 2 heterocycles. The lowest BCUT2D eigenvalue weighted by Gasteiger charge is -2.17. The predicted octanol–water partition coefficient (Wildman–Crippen LogP) is 2.60. The van der Waals surface area contributed by atoms with Crippen LogP contribution >= 0.6 is 12.2 Å². The van der Waals surface area contributed by atoms with Crippen molar-refractivity contribution in [3.63, 3.8) is 0 Å². The molecule has 0 amide bonds. The van der Waals surface area contributed by atoms with Gasteiger partial charge < -0.3 is 10.1 Å². The maximum absolute atomic E-state index is 13.3. The second-order valence-corrected chi connectivity index (χ2v) is 5.90. The summed E-state index contributed by atoms with van der Waals surface area (Å²) in [6, 6.07) is 3.06. The lowest BCUT2D eigenvalue weighted by atomic mass is 9.90. The third-order valence-corrected chi connectivity index (χ3v) is 2.88. The smallest absolute Gasteiger partial charge is 0.139 e.